The van der Waals surface area contributed by atoms with Crippen LogP contribution in [0.25, 0.3) is 0 Å². The number of carbonyl (C=O) groups is 5. The van der Waals surface area contributed by atoms with E-state index in [2.05, 4.69) is 27.9 Å². The Morgan fingerprint density at radius 2 is 1.59 bits per heavy atom. The molecule has 58 heavy (non-hydrogen) atoms. The lowest BCUT2D eigenvalue weighted by molar-refractivity contribution is -0.135. The van der Waals surface area contributed by atoms with E-state index < -0.39 is 53.0 Å². The van der Waals surface area contributed by atoms with Crippen LogP contribution in [0.2, 0.25) is 0 Å². The molecule has 1 heterocycles. The fourth-order valence-corrected chi connectivity index (χ4v) is 7.50. The van der Waals surface area contributed by atoms with E-state index in [9.17, 15) is 29.1 Å². The third-order valence-electron chi connectivity index (χ3n) is 11.2. The number of nitrogens with one attached hydrogen (secondary N) is 3. The minimum atomic E-state index is -1.19. The van der Waals surface area contributed by atoms with Gasteiger partial charge in [0.05, 0.1) is 17.8 Å². The Morgan fingerprint density at radius 3 is 2.19 bits per heavy atom. The number of hydrogen-bond acceptors (Lipinski definition) is 8. The lowest BCUT2D eigenvalue weighted by Gasteiger charge is -2.34. The summed E-state index contributed by atoms with van der Waals surface area (Å²) < 4.78 is 6.85. The van der Waals surface area contributed by atoms with Crippen molar-refractivity contribution in [2.75, 3.05) is 6.54 Å². The first-order valence-corrected chi connectivity index (χ1v) is 21.6. The first-order valence-electron chi connectivity index (χ1n) is 21.6. The number of aliphatic hydroxyl groups is 1. The van der Waals surface area contributed by atoms with Crippen LogP contribution in [0.3, 0.4) is 0 Å². The van der Waals surface area contributed by atoms with Crippen molar-refractivity contribution in [2.45, 2.75) is 170 Å². The maximum atomic E-state index is 14.7. The maximum absolute atomic E-state index is 14.7. The number of aliphatic hydroxyl groups excluding tert-OH is 1. The van der Waals surface area contributed by atoms with Crippen LogP contribution in [0.15, 0.2) is 42.9 Å². The molecule has 1 aromatic heterocycles. The average molecular weight is 808 g/mol. The van der Waals surface area contributed by atoms with Gasteiger partial charge in [0.25, 0.3) is 0 Å². The number of amides is 3. The van der Waals surface area contributed by atoms with Gasteiger partial charge in [-0.15, -0.1) is 0 Å². The third-order valence-corrected chi connectivity index (χ3v) is 11.2. The fourth-order valence-electron chi connectivity index (χ4n) is 7.50. The Bertz CT molecular complexity index is 1600. The van der Waals surface area contributed by atoms with Crippen LogP contribution in [-0.2, 0) is 36.8 Å². The van der Waals surface area contributed by atoms with E-state index in [1.54, 1.807) is 20.8 Å². The molecule has 0 unspecified atom stereocenters. The molecular weight excluding hydrogens is 735 g/mol. The van der Waals surface area contributed by atoms with Crippen LogP contribution < -0.4 is 16.0 Å². The SMILES string of the molecule is CCCCNC(=O)C[C@@H](C[C@H](O)[C@H](CC1CCCCC1)NC(=O)[C@H](Cc1cncn1C(=O)OC(C)(C)C)NC(=O)[C@@H](CC(=O)C(C)(C)C)Cc1ccccc1)C(C)C. The first-order chi connectivity index (χ1) is 27.3. The molecule has 12 heteroatoms. The number of ether oxygens (including phenoxy) is 1. The highest BCUT2D eigenvalue weighted by Crippen LogP contribution is 2.31. The molecule has 12 nitrogen and oxygen atoms in total. The van der Waals surface area contributed by atoms with E-state index in [4.69, 9.17) is 4.74 Å². The second kappa shape index (κ2) is 22.9. The quantitative estimate of drug-likeness (QED) is 0.0951. The van der Waals surface area contributed by atoms with Crippen molar-refractivity contribution in [3.05, 3.63) is 54.1 Å². The van der Waals surface area contributed by atoms with Crippen molar-refractivity contribution in [3.63, 3.8) is 0 Å². The van der Waals surface area contributed by atoms with Gasteiger partial charge in [0.15, 0.2) is 0 Å². The molecule has 1 aliphatic rings. The highest BCUT2D eigenvalue weighted by molar-refractivity contribution is 5.92. The summed E-state index contributed by atoms with van der Waals surface area (Å²) in [6, 6.07) is 7.60. The molecule has 0 aliphatic heterocycles. The Kier molecular flexibility index (Phi) is 19.1. The van der Waals surface area contributed by atoms with E-state index >= 15 is 0 Å². The molecule has 0 radical (unpaired) electrons. The number of Topliss-reactive ketones (excluding diaryl/α,β-unsaturated/α-hetero) is 1. The number of ketones is 1. The molecule has 0 bridgehead atoms. The molecule has 4 N–H and O–H groups in total. The Hall–Kier alpha value is -4.06. The number of nitrogens with zero attached hydrogens (tertiary/aromatic N) is 2. The molecule has 1 aliphatic carbocycles. The number of unbranched alkanes of at least 4 members (excludes halogenated alkanes) is 1. The van der Waals surface area contributed by atoms with Gasteiger partial charge < -0.3 is 25.8 Å². The molecule has 1 aromatic carbocycles. The Balaban J connectivity index is 1.98. The molecular formula is C46H73N5O7. The van der Waals surface area contributed by atoms with Gasteiger partial charge in [-0.25, -0.2) is 14.3 Å². The number of rotatable bonds is 21. The predicted octanol–water partition coefficient (Wildman–Crippen LogP) is 7.34. The van der Waals surface area contributed by atoms with Gasteiger partial charge in [-0.3, -0.25) is 19.2 Å². The van der Waals surface area contributed by atoms with Crippen LogP contribution >= 0.6 is 0 Å². The summed E-state index contributed by atoms with van der Waals surface area (Å²) in [6.07, 6.45) is 9.60. The van der Waals surface area contributed by atoms with Gasteiger partial charge in [0.1, 0.15) is 23.8 Å². The Labute approximate surface area is 347 Å². The van der Waals surface area contributed by atoms with Gasteiger partial charge in [-0.1, -0.05) is 110 Å². The van der Waals surface area contributed by atoms with E-state index in [1.165, 1.54) is 17.1 Å². The monoisotopic (exact) mass is 808 g/mol. The molecule has 1 saturated carbocycles. The van der Waals surface area contributed by atoms with Crippen molar-refractivity contribution in [1.82, 2.24) is 25.5 Å². The summed E-state index contributed by atoms with van der Waals surface area (Å²) in [5, 5.41) is 21.1. The summed E-state index contributed by atoms with van der Waals surface area (Å²) in [6.45, 7) is 17.5. The lowest BCUT2D eigenvalue weighted by atomic mass is 9.80. The van der Waals surface area contributed by atoms with Gasteiger partial charge in [-0.2, -0.15) is 0 Å². The van der Waals surface area contributed by atoms with Gasteiger partial charge >= 0.3 is 6.09 Å². The minimum absolute atomic E-state index is 0.0277. The third kappa shape index (κ3) is 16.7. The van der Waals surface area contributed by atoms with Crippen LogP contribution in [0, 0.1) is 29.1 Å². The first kappa shape index (κ1) is 48.3. The van der Waals surface area contributed by atoms with Crippen LogP contribution in [0.1, 0.15) is 144 Å². The van der Waals surface area contributed by atoms with Crippen molar-refractivity contribution in [2.24, 2.45) is 29.1 Å². The number of benzene rings is 1. The van der Waals surface area contributed by atoms with E-state index in [1.807, 2.05) is 65.0 Å². The van der Waals surface area contributed by atoms with Crippen molar-refractivity contribution < 1.29 is 33.8 Å². The number of imidazole rings is 1. The molecule has 0 spiro atoms. The molecule has 324 valence electrons. The second-order valence-electron chi connectivity index (χ2n) is 18.8. The van der Waals surface area contributed by atoms with Gasteiger partial charge in [0.2, 0.25) is 17.7 Å². The topological polar surface area (TPSA) is 169 Å². The number of hydrogen-bond donors (Lipinski definition) is 4. The number of carbonyl (C=O) groups excluding carboxylic acids is 5. The van der Waals surface area contributed by atoms with Gasteiger partial charge in [-0.05, 0) is 69.8 Å². The molecule has 1 fully saturated rings. The second-order valence-corrected chi connectivity index (χ2v) is 18.8. The van der Waals surface area contributed by atoms with E-state index in [0.717, 1.165) is 50.5 Å². The van der Waals surface area contributed by atoms with Crippen molar-refractivity contribution >= 4 is 29.6 Å². The summed E-state index contributed by atoms with van der Waals surface area (Å²) in [5.74, 6) is -1.63. The maximum Gasteiger partial charge on any atom is 0.420 e. The molecule has 3 rings (SSSR count). The molecule has 0 saturated heterocycles. The highest BCUT2D eigenvalue weighted by atomic mass is 16.6. The molecule has 5 atom stereocenters. The van der Waals surface area contributed by atoms with Crippen LogP contribution in [0.5, 0.6) is 0 Å². The van der Waals surface area contributed by atoms with E-state index in [-0.39, 0.29) is 49.2 Å². The zero-order valence-electron chi connectivity index (χ0n) is 36.8. The summed E-state index contributed by atoms with van der Waals surface area (Å²) in [5.41, 5.74) is -0.250. The lowest BCUT2D eigenvalue weighted by Crippen LogP contribution is -2.55. The molecule has 2 aromatic rings. The normalized spacial score (nSPS) is 16.5. The van der Waals surface area contributed by atoms with E-state index in [0.29, 0.717) is 31.0 Å². The van der Waals surface area contributed by atoms with Crippen molar-refractivity contribution in [3.8, 4) is 0 Å². The largest absolute Gasteiger partial charge is 0.443 e. The average Bonchev–Trinajstić information content (AvgIpc) is 3.62. The predicted molar refractivity (Wildman–Crippen MR) is 227 cm³/mol. The highest BCUT2D eigenvalue weighted by Gasteiger charge is 2.35. The van der Waals surface area contributed by atoms with Crippen LogP contribution in [0.4, 0.5) is 4.79 Å². The zero-order chi connectivity index (χ0) is 43.0. The summed E-state index contributed by atoms with van der Waals surface area (Å²) >= 11 is 0. The Morgan fingerprint density at radius 1 is 0.914 bits per heavy atom. The van der Waals surface area contributed by atoms with Crippen molar-refractivity contribution in [1.29, 1.82) is 0 Å². The minimum Gasteiger partial charge on any atom is -0.443 e. The summed E-state index contributed by atoms with van der Waals surface area (Å²) in [7, 11) is 0. The summed E-state index contributed by atoms with van der Waals surface area (Å²) in [4.78, 5) is 72.8. The number of aromatic nitrogens is 2. The van der Waals surface area contributed by atoms with Crippen LogP contribution in [-0.4, -0.2) is 74.6 Å². The standard InChI is InChI=1S/C46H73N5O7/c1-10-11-22-48-41(54)27-34(31(2)3)25-39(52)37(24-33-20-16-13-17-21-33)49-43(56)38(28-36-29-47-30-51(36)44(57)58-46(7,8)9)50-42(55)35(26-40(53)45(4,5)6)23-32-18-14-12-15-19-32/h12,14-15,18-19,29-31,33-35,37-39,52H,10-11,13,16-17,20-28H2,1-9H3,(H,48,54)(H,49,56)(H,50,55)/t34-,35-,37+,38+,39+/m1/s1. The molecule has 3 amide bonds. The van der Waals surface area contributed by atoms with Gasteiger partial charge in [0, 0.05) is 43.3 Å². The zero-order valence-corrected chi connectivity index (χ0v) is 36.8. The fraction of sp³-hybridized carbons (Fsp3) is 0.696. The smallest absolute Gasteiger partial charge is 0.420 e.